The maximum Gasteiger partial charge on any atom is 0.231 e. The smallest absolute Gasteiger partial charge is 0.231 e. The molecule has 2 N–H and O–H groups in total. The molecule has 0 unspecified atom stereocenters. The molecule has 0 aliphatic heterocycles. The third kappa shape index (κ3) is 3.21. The topological polar surface area (TPSA) is 59.2 Å². The van der Waals surface area contributed by atoms with E-state index in [2.05, 4.69) is 4.98 Å². The molecule has 0 atom stereocenters. The number of pyridine rings is 1. The van der Waals surface area contributed by atoms with Gasteiger partial charge < -0.3 is 10.6 Å². The maximum absolute atomic E-state index is 12.2. The third-order valence-corrected chi connectivity index (χ3v) is 3.64. The minimum absolute atomic E-state index is 0.0960. The maximum atomic E-state index is 12.2. The van der Waals surface area contributed by atoms with Gasteiger partial charge in [-0.15, -0.1) is 0 Å². The average molecular weight is 310 g/mol. The Morgan fingerprint density at radius 3 is 2.70 bits per heavy atom. The van der Waals surface area contributed by atoms with Gasteiger partial charge in [0, 0.05) is 13.2 Å². The molecule has 0 saturated carbocycles. The summed E-state index contributed by atoms with van der Waals surface area (Å²) in [6.45, 7) is 0. The summed E-state index contributed by atoms with van der Waals surface area (Å²) in [5.41, 5.74) is 7.68. The van der Waals surface area contributed by atoms with Gasteiger partial charge in [0.1, 0.15) is 0 Å². The van der Waals surface area contributed by atoms with Gasteiger partial charge in [0.2, 0.25) is 5.91 Å². The van der Waals surface area contributed by atoms with Crippen molar-refractivity contribution in [1.82, 2.24) is 4.98 Å². The largest absolute Gasteiger partial charge is 0.396 e. The molecule has 0 aliphatic rings. The van der Waals surface area contributed by atoms with Gasteiger partial charge in [-0.05, 0) is 23.8 Å². The molecule has 0 spiro atoms. The molecular weight excluding hydrogens is 297 g/mol. The summed E-state index contributed by atoms with van der Waals surface area (Å²) >= 11 is 11.8. The van der Waals surface area contributed by atoms with Gasteiger partial charge in [-0.25, -0.2) is 0 Å². The van der Waals surface area contributed by atoms with Gasteiger partial charge in [-0.1, -0.05) is 29.3 Å². The van der Waals surface area contributed by atoms with E-state index in [0.29, 0.717) is 21.4 Å². The third-order valence-electron chi connectivity index (χ3n) is 2.90. The highest BCUT2D eigenvalue weighted by Gasteiger charge is 2.14. The second-order valence-corrected chi connectivity index (χ2v) is 5.13. The number of hydrogen-bond donors (Lipinski definition) is 1. The van der Waals surface area contributed by atoms with Crippen LogP contribution in [0.3, 0.4) is 0 Å². The molecule has 1 aromatic heterocycles. The molecule has 2 aromatic rings. The number of nitrogens with two attached hydrogens (primary N) is 1. The monoisotopic (exact) mass is 309 g/mol. The first-order chi connectivity index (χ1) is 9.49. The van der Waals surface area contributed by atoms with Crippen molar-refractivity contribution in [3.05, 3.63) is 52.3 Å². The van der Waals surface area contributed by atoms with Gasteiger partial charge in [-0.3, -0.25) is 9.78 Å². The summed E-state index contributed by atoms with van der Waals surface area (Å²) in [6.07, 6.45) is 3.32. The van der Waals surface area contributed by atoms with Crippen LogP contribution in [0.15, 0.2) is 36.7 Å². The lowest BCUT2D eigenvalue weighted by Gasteiger charge is -2.19. The standard InChI is InChI=1S/C14H13Cl2N3O/c1-19(13-4-5-18-8-12(13)17)14(20)7-9-2-3-10(15)11(16)6-9/h2-6,8H,7,17H2,1H3. The first kappa shape index (κ1) is 14.6. The molecule has 2 rings (SSSR count). The Balaban J connectivity index is 2.15. The Kier molecular flexibility index (Phi) is 4.47. The number of benzene rings is 1. The minimum atomic E-state index is -0.0960. The zero-order valence-electron chi connectivity index (χ0n) is 10.8. The number of anilines is 2. The molecule has 1 heterocycles. The molecule has 0 radical (unpaired) electrons. The highest BCUT2D eigenvalue weighted by Crippen LogP contribution is 2.24. The summed E-state index contributed by atoms with van der Waals surface area (Å²) in [7, 11) is 1.67. The Labute approximate surface area is 127 Å². The van der Waals surface area contributed by atoms with Crippen LogP contribution in [-0.4, -0.2) is 17.9 Å². The second-order valence-electron chi connectivity index (χ2n) is 4.31. The summed E-state index contributed by atoms with van der Waals surface area (Å²) in [6, 6.07) is 6.83. The summed E-state index contributed by atoms with van der Waals surface area (Å²) < 4.78 is 0. The molecule has 0 fully saturated rings. The zero-order valence-corrected chi connectivity index (χ0v) is 12.3. The Bertz CT molecular complexity index is 646. The van der Waals surface area contributed by atoms with Crippen LogP contribution < -0.4 is 10.6 Å². The molecule has 104 valence electrons. The molecule has 4 nitrogen and oxygen atoms in total. The fourth-order valence-electron chi connectivity index (χ4n) is 1.78. The van der Waals surface area contributed by atoms with Crippen LogP contribution in [0.25, 0.3) is 0 Å². The lowest BCUT2D eigenvalue weighted by Crippen LogP contribution is -2.28. The fraction of sp³-hybridized carbons (Fsp3) is 0.143. The van der Waals surface area contributed by atoms with Crippen LogP contribution >= 0.6 is 23.2 Å². The van der Waals surface area contributed by atoms with Crippen molar-refractivity contribution in [2.24, 2.45) is 0 Å². The first-order valence-corrected chi connectivity index (χ1v) is 6.64. The molecule has 1 aromatic carbocycles. The summed E-state index contributed by atoms with van der Waals surface area (Å²) in [5.74, 6) is -0.0960. The normalized spacial score (nSPS) is 10.3. The molecular formula is C14H13Cl2N3O. The lowest BCUT2D eigenvalue weighted by atomic mass is 10.1. The summed E-state index contributed by atoms with van der Waals surface area (Å²) in [5, 5.41) is 0.901. The Hall–Kier alpha value is -1.78. The van der Waals surface area contributed by atoms with E-state index in [4.69, 9.17) is 28.9 Å². The van der Waals surface area contributed by atoms with Crippen LogP contribution in [0.2, 0.25) is 10.0 Å². The van der Waals surface area contributed by atoms with E-state index < -0.39 is 0 Å². The van der Waals surface area contributed by atoms with Crippen LogP contribution in [-0.2, 0) is 11.2 Å². The van der Waals surface area contributed by atoms with Gasteiger partial charge in [-0.2, -0.15) is 0 Å². The van der Waals surface area contributed by atoms with Crippen LogP contribution in [0.1, 0.15) is 5.56 Å². The quantitative estimate of drug-likeness (QED) is 0.947. The van der Waals surface area contributed by atoms with Crippen LogP contribution in [0.4, 0.5) is 11.4 Å². The number of halogens is 2. The number of nitrogen functional groups attached to an aromatic ring is 1. The summed E-state index contributed by atoms with van der Waals surface area (Å²) in [4.78, 5) is 17.6. The average Bonchev–Trinajstić information content (AvgIpc) is 2.42. The van der Waals surface area contributed by atoms with E-state index in [-0.39, 0.29) is 12.3 Å². The van der Waals surface area contributed by atoms with Crippen molar-refractivity contribution in [3.63, 3.8) is 0 Å². The van der Waals surface area contributed by atoms with Crippen molar-refractivity contribution in [1.29, 1.82) is 0 Å². The van der Waals surface area contributed by atoms with E-state index in [1.165, 1.54) is 11.1 Å². The number of carbonyl (C=O) groups is 1. The minimum Gasteiger partial charge on any atom is -0.396 e. The number of hydrogen-bond acceptors (Lipinski definition) is 3. The van der Waals surface area contributed by atoms with Crippen molar-refractivity contribution in [2.75, 3.05) is 17.7 Å². The van der Waals surface area contributed by atoms with E-state index >= 15 is 0 Å². The Morgan fingerprint density at radius 1 is 1.30 bits per heavy atom. The van der Waals surface area contributed by atoms with Crippen molar-refractivity contribution >= 4 is 40.5 Å². The number of amides is 1. The Morgan fingerprint density at radius 2 is 2.05 bits per heavy atom. The van der Waals surface area contributed by atoms with Gasteiger partial charge in [0.15, 0.2) is 0 Å². The van der Waals surface area contributed by atoms with Crippen molar-refractivity contribution in [2.45, 2.75) is 6.42 Å². The first-order valence-electron chi connectivity index (χ1n) is 5.89. The molecule has 20 heavy (non-hydrogen) atoms. The lowest BCUT2D eigenvalue weighted by molar-refractivity contribution is -0.117. The number of carbonyl (C=O) groups excluding carboxylic acids is 1. The van der Waals surface area contributed by atoms with Crippen molar-refractivity contribution in [3.8, 4) is 0 Å². The molecule has 0 saturated heterocycles. The highest BCUT2D eigenvalue weighted by atomic mass is 35.5. The predicted octanol–water partition coefficient (Wildman–Crippen LogP) is 3.18. The SMILES string of the molecule is CN(C(=O)Cc1ccc(Cl)c(Cl)c1)c1ccncc1N. The van der Waals surface area contributed by atoms with Crippen LogP contribution in [0, 0.1) is 0 Å². The van der Waals surface area contributed by atoms with Crippen LogP contribution in [0.5, 0.6) is 0 Å². The van der Waals surface area contributed by atoms with Crippen molar-refractivity contribution < 1.29 is 4.79 Å². The zero-order chi connectivity index (χ0) is 14.7. The van der Waals surface area contributed by atoms with E-state index in [1.54, 1.807) is 37.5 Å². The molecule has 6 heteroatoms. The fourth-order valence-corrected chi connectivity index (χ4v) is 2.10. The number of rotatable bonds is 3. The highest BCUT2D eigenvalue weighted by molar-refractivity contribution is 6.42. The van der Waals surface area contributed by atoms with E-state index in [9.17, 15) is 4.79 Å². The number of nitrogens with zero attached hydrogens (tertiary/aromatic N) is 2. The predicted molar refractivity (Wildman–Crippen MR) is 82.2 cm³/mol. The van der Waals surface area contributed by atoms with E-state index in [1.807, 2.05) is 0 Å². The molecule has 0 aliphatic carbocycles. The number of aromatic nitrogens is 1. The van der Waals surface area contributed by atoms with Gasteiger partial charge >= 0.3 is 0 Å². The molecule has 0 bridgehead atoms. The van der Waals surface area contributed by atoms with Gasteiger partial charge in [0.25, 0.3) is 0 Å². The second kappa shape index (κ2) is 6.11. The number of likely N-dealkylation sites (N-methyl/N-ethyl adjacent to an activating group) is 1. The van der Waals surface area contributed by atoms with Gasteiger partial charge in [0.05, 0.1) is 34.0 Å². The van der Waals surface area contributed by atoms with E-state index in [0.717, 1.165) is 5.56 Å². The molecule has 1 amide bonds.